The number of amides is 2. The molecule has 1 atom stereocenters. The first kappa shape index (κ1) is 15.8. The van der Waals surface area contributed by atoms with Gasteiger partial charge in [-0.25, -0.2) is 0 Å². The smallest absolute Gasteiger partial charge is 0.290 e. The number of carbonyl (C=O) groups excluding carboxylic acids is 2. The molecule has 1 N–H and O–H groups in total. The summed E-state index contributed by atoms with van der Waals surface area (Å²) >= 11 is 3.45. The molecule has 0 saturated carbocycles. The van der Waals surface area contributed by atoms with E-state index in [-0.39, 0.29) is 17.6 Å². The van der Waals surface area contributed by atoms with Crippen LogP contribution in [0.5, 0.6) is 0 Å². The molecule has 23 heavy (non-hydrogen) atoms. The van der Waals surface area contributed by atoms with Crippen LogP contribution in [0, 0.1) is 6.92 Å². The Morgan fingerprint density at radius 3 is 2.87 bits per heavy atom. The second-order valence-corrected chi connectivity index (χ2v) is 6.46. The number of carbonyl (C=O) groups is 2. The van der Waals surface area contributed by atoms with Crippen molar-refractivity contribution in [1.82, 2.24) is 4.90 Å². The normalized spacial score (nSPS) is 17.3. The molecule has 6 heteroatoms. The van der Waals surface area contributed by atoms with Gasteiger partial charge in [0.05, 0.1) is 12.0 Å². The highest BCUT2D eigenvalue weighted by atomic mass is 79.9. The summed E-state index contributed by atoms with van der Waals surface area (Å²) in [6, 6.07) is 8.54. The lowest BCUT2D eigenvalue weighted by molar-refractivity contribution is -0.119. The summed E-state index contributed by atoms with van der Waals surface area (Å²) < 4.78 is 5.98. The third-order valence-electron chi connectivity index (χ3n) is 3.93. The third kappa shape index (κ3) is 3.32. The van der Waals surface area contributed by atoms with E-state index in [9.17, 15) is 9.59 Å². The molecule has 1 saturated heterocycles. The van der Waals surface area contributed by atoms with Gasteiger partial charge in [-0.3, -0.25) is 9.59 Å². The van der Waals surface area contributed by atoms with E-state index >= 15 is 0 Å². The number of halogens is 1. The van der Waals surface area contributed by atoms with Crippen LogP contribution in [0.2, 0.25) is 0 Å². The molecule has 0 unspecified atom stereocenters. The average molecular weight is 377 g/mol. The van der Waals surface area contributed by atoms with Crippen LogP contribution in [-0.4, -0.2) is 29.3 Å². The van der Waals surface area contributed by atoms with E-state index in [2.05, 4.69) is 21.2 Å². The highest BCUT2D eigenvalue weighted by Gasteiger charge is 2.35. The average Bonchev–Trinajstić information content (AvgIpc) is 3.20. The summed E-state index contributed by atoms with van der Waals surface area (Å²) in [6.45, 7) is 2.55. The zero-order valence-electron chi connectivity index (χ0n) is 12.7. The van der Waals surface area contributed by atoms with Crippen LogP contribution in [0.25, 0.3) is 0 Å². The molecule has 0 aliphatic carbocycles. The van der Waals surface area contributed by atoms with Gasteiger partial charge in [-0.2, -0.15) is 0 Å². The number of furan rings is 1. The van der Waals surface area contributed by atoms with Gasteiger partial charge in [0.1, 0.15) is 6.04 Å². The predicted octanol–water partition coefficient (Wildman–Crippen LogP) is 3.59. The van der Waals surface area contributed by atoms with Gasteiger partial charge < -0.3 is 14.6 Å². The quantitative estimate of drug-likeness (QED) is 0.889. The standard InChI is InChI=1S/C17H17BrN2O3/c1-11-6-7-13(12(18)10-11)19-16(21)14-4-2-8-20(14)17(22)15-5-3-9-23-15/h3,5-7,9-10,14H,2,4,8H2,1H3,(H,19,21)/t14-/m0/s1. The van der Waals surface area contributed by atoms with Crippen molar-refractivity contribution >= 4 is 33.4 Å². The Hall–Kier alpha value is -2.08. The number of likely N-dealkylation sites (tertiary alicyclic amines) is 1. The minimum atomic E-state index is -0.471. The first-order valence-corrected chi connectivity index (χ1v) is 8.27. The zero-order valence-corrected chi connectivity index (χ0v) is 14.3. The molecule has 2 aromatic rings. The molecule has 1 aromatic heterocycles. The van der Waals surface area contributed by atoms with E-state index in [1.54, 1.807) is 17.0 Å². The van der Waals surface area contributed by atoms with Crippen molar-refractivity contribution in [1.29, 1.82) is 0 Å². The van der Waals surface area contributed by atoms with Crippen molar-refractivity contribution in [3.63, 3.8) is 0 Å². The molecule has 1 aromatic carbocycles. The minimum Gasteiger partial charge on any atom is -0.459 e. The Morgan fingerprint density at radius 2 is 2.17 bits per heavy atom. The fourth-order valence-electron chi connectivity index (χ4n) is 2.76. The van der Waals surface area contributed by atoms with Crippen molar-refractivity contribution < 1.29 is 14.0 Å². The maximum absolute atomic E-state index is 12.6. The van der Waals surface area contributed by atoms with Gasteiger partial charge in [0, 0.05) is 11.0 Å². The van der Waals surface area contributed by atoms with Crippen molar-refractivity contribution in [2.75, 3.05) is 11.9 Å². The Balaban J connectivity index is 1.74. The monoisotopic (exact) mass is 376 g/mol. The van der Waals surface area contributed by atoms with Crippen molar-refractivity contribution in [2.45, 2.75) is 25.8 Å². The molecular formula is C17H17BrN2O3. The van der Waals surface area contributed by atoms with Crippen LogP contribution < -0.4 is 5.32 Å². The number of anilines is 1. The van der Waals surface area contributed by atoms with Gasteiger partial charge in [-0.1, -0.05) is 6.07 Å². The van der Waals surface area contributed by atoms with Crippen molar-refractivity contribution in [2.24, 2.45) is 0 Å². The summed E-state index contributed by atoms with van der Waals surface area (Å²) in [5.41, 5.74) is 1.81. The van der Waals surface area contributed by atoms with E-state index in [0.29, 0.717) is 18.7 Å². The lowest BCUT2D eigenvalue weighted by atomic mass is 10.2. The molecule has 0 spiro atoms. The Labute approximate surface area is 142 Å². The molecule has 120 valence electrons. The number of hydrogen-bond donors (Lipinski definition) is 1. The van der Waals surface area contributed by atoms with Gasteiger partial charge in [-0.15, -0.1) is 0 Å². The highest BCUT2D eigenvalue weighted by Crippen LogP contribution is 2.26. The molecule has 0 bridgehead atoms. The number of hydrogen-bond acceptors (Lipinski definition) is 3. The molecule has 2 amide bonds. The van der Waals surface area contributed by atoms with Gasteiger partial charge >= 0.3 is 0 Å². The minimum absolute atomic E-state index is 0.174. The van der Waals surface area contributed by atoms with Crippen molar-refractivity contribution in [3.05, 3.63) is 52.4 Å². The lowest BCUT2D eigenvalue weighted by Gasteiger charge is -2.23. The molecule has 2 heterocycles. The molecular weight excluding hydrogens is 360 g/mol. The fourth-order valence-corrected chi connectivity index (χ4v) is 3.35. The lowest BCUT2D eigenvalue weighted by Crippen LogP contribution is -2.43. The van der Waals surface area contributed by atoms with Crippen LogP contribution in [0.3, 0.4) is 0 Å². The largest absolute Gasteiger partial charge is 0.459 e. The van der Waals surface area contributed by atoms with Crippen LogP contribution in [0.4, 0.5) is 5.69 Å². The second-order valence-electron chi connectivity index (χ2n) is 5.61. The molecule has 1 aliphatic heterocycles. The van der Waals surface area contributed by atoms with E-state index in [1.165, 1.54) is 6.26 Å². The maximum Gasteiger partial charge on any atom is 0.290 e. The van der Waals surface area contributed by atoms with Crippen LogP contribution >= 0.6 is 15.9 Å². The Bertz CT molecular complexity index is 727. The molecule has 0 radical (unpaired) electrons. The van der Waals surface area contributed by atoms with E-state index < -0.39 is 6.04 Å². The van der Waals surface area contributed by atoms with Gasteiger partial charge in [0.2, 0.25) is 5.91 Å². The van der Waals surface area contributed by atoms with Crippen LogP contribution in [-0.2, 0) is 4.79 Å². The van der Waals surface area contributed by atoms with Gasteiger partial charge in [0.15, 0.2) is 5.76 Å². The number of benzene rings is 1. The Morgan fingerprint density at radius 1 is 1.35 bits per heavy atom. The molecule has 1 aliphatic rings. The van der Waals surface area contributed by atoms with E-state index in [4.69, 9.17) is 4.42 Å². The third-order valence-corrected chi connectivity index (χ3v) is 4.59. The van der Waals surface area contributed by atoms with Crippen molar-refractivity contribution in [3.8, 4) is 0 Å². The van der Waals surface area contributed by atoms with E-state index in [0.717, 1.165) is 16.5 Å². The number of nitrogens with zero attached hydrogens (tertiary/aromatic N) is 1. The SMILES string of the molecule is Cc1ccc(NC(=O)[C@@H]2CCCN2C(=O)c2ccco2)c(Br)c1. The number of aryl methyl sites for hydroxylation is 1. The predicted molar refractivity (Wildman–Crippen MR) is 90.3 cm³/mol. The first-order chi connectivity index (χ1) is 11.1. The fraction of sp³-hybridized carbons (Fsp3) is 0.294. The topological polar surface area (TPSA) is 62.6 Å². The summed E-state index contributed by atoms with van der Waals surface area (Å²) in [7, 11) is 0. The highest BCUT2D eigenvalue weighted by molar-refractivity contribution is 9.10. The van der Waals surface area contributed by atoms with E-state index in [1.807, 2.05) is 25.1 Å². The molecule has 5 nitrogen and oxygen atoms in total. The summed E-state index contributed by atoms with van der Waals surface area (Å²) in [4.78, 5) is 26.6. The molecule has 1 fully saturated rings. The maximum atomic E-state index is 12.6. The van der Waals surface area contributed by atoms with Crippen LogP contribution in [0.15, 0.2) is 45.5 Å². The van der Waals surface area contributed by atoms with Crippen LogP contribution in [0.1, 0.15) is 29.0 Å². The second kappa shape index (κ2) is 6.58. The Kier molecular flexibility index (Phi) is 4.52. The molecule has 3 rings (SSSR count). The number of rotatable bonds is 3. The first-order valence-electron chi connectivity index (χ1n) is 7.48. The summed E-state index contributed by atoms with van der Waals surface area (Å²) in [6.07, 6.45) is 2.92. The van der Waals surface area contributed by atoms with Gasteiger partial charge in [0.25, 0.3) is 5.91 Å². The summed E-state index contributed by atoms with van der Waals surface area (Å²) in [5.74, 6) is -0.149. The summed E-state index contributed by atoms with van der Waals surface area (Å²) in [5, 5.41) is 2.90. The number of nitrogens with one attached hydrogen (secondary N) is 1. The van der Waals surface area contributed by atoms with Gasteiger partial charge in [-0.05, 0) is 65.5 Å². The zero-order chi connectivity index (χ0) is 16.4.